The van der Waals surface area contributed by atoms with Crippen molar-refractivity contribution in [1.29, 1.82) is 0 Å². The van der Waals surface area contributed by atoms with Crippen molar-refractivity contribution in [2.24, 2.45) is 5.10 Å². The smallest absolute Gasteiger partial charge is 0.250 e. The van der Waals surface area contributed by atoms with Crippen molar-refractivity contribution in [2.75, 3.05) is 5.75 Å². The first-order chi connectivity index (χ1) is 13.7. The number of carbonyl (C=O) groups excluding carboxylic acids is 1. The van der Waals surface area contributed by atoms with Gasteiger partial charge in [0, 0.05) is 10.0 Å². The van der Waals surface area contributed by atoms with Crippen molar-refractivity contribution in [1.82, 2.24) is 10.4 Å². The minimum atomic E-state index is -0.194. The highest BCUT2D eigenvalue weighted by atomic mass is 79.9. The Bertz CT molecular complexity index is 1100. The topological polar surface area (TPSA) is 67.5 Å². The summed E-state index contributed by atoms with van der Waals surface area (Å²) in [7, 11) is 0. The molecule has 0 bridgehead atoms. The van der Waals surface area contributed by atoms with E-state index in [1.54, 1.807) is 11.3 Å². The molecule has 0 aliphatic carbocycles. The van der Waals surface area contributed by atoms with Crippen molar-refractivity contribution in [3.05, 3.63) is 70.9 Å². The summed E-state index contributed by atoms with van der Waals surface area (Å²) < 4.78 is 8.72. The molecule has 8 heteroatoms. The van der Waals surface area contributed by atoms with E-state index in [9.17, 15) is 4.79 Å². The minimum absolute atomic E-state index is 0.194. The van der Waals surface area contributed by atoms with Crippen LogP contribution < -0.4 is 5.43 Å². The van der Waals surface area contributed by atoms with E-state index in [4.69, 9.17) is 4.42 Å². The first kappa shape index (κ1) is 18.9. The molecule has 4 rings (SSSR count). The van der Waals surface area contributed by atoms with Gasteiger partial charge in [-0.05, 0) is 36.4 Å². The molecule has 2 heterocycles. The SMILES string of the molecule is O=C(CSc1nc2ccccc2s1)N/N=C\c1ccc(-c2ccc(Br)cc2)o1. The molecule has 0 aliphatic heterocycles. The molecule has 0 unspecified atom stereocenters. The molecule has 0 fully saturated rings. The zero-order valence-electron chi connectivity index (χ0n) is 14.5. The number of hydrazone groups is 1. The van der Waals surface area contributed by atoms with Crippen LogP contribution in [0.2, 0.25) is 0 Å². The summed E-state index contributed by atoms with van der Waals surface area (Å²) in [5, 5.41) is 3.96. The Morgan fingerprint density at radius 3 is 2.82 bits per heavy atom. The van der Waals surface area contributed by atoms with Gasteiger partial charge in [0.15, 0.2) is 4.34 Å². The third-order valence-electron chi connectivity index (χ3n) is 3.74. The molecule has 28 heavy (non-hydrogen) atoms. The van der Waals surface area contributed by atoms with Crippen LogP contribution in [0, 0.1) is 0 Å². The molecular weight excluding hydrogens is 458 g/mol. The minimum Gasteiger partial charge on any atom is -0.455 e. The molecule has 0 atom stereocenters. The van der Waals surface area contributed by atoms with E-state index in [0.717, 1.165) is 30.4 Å². The summed E-state index contributed by atoms with van der Waals surface area (Å²) in [6.45, 7) is 0. The highest BCUT2D eigenvalue weighted by Gasteiger charge is 2.07. The summed E-state index contributed by atoms with van der Waals surface area (Å²) in [6.07, 6.45) is 1.49. The largest absolute Gasteiger partial charge is 0.455 e. The Morgan fingerprint density at radius 2 is 2.00 bits per heavy atom. The van der Waals surface area contributed by atoms with Crippen molar-refractivity contribution in [3.63, 3.8) is 0 Å². The molecule has 2 aromatic carbocycles. The Hall–Kier alpha value is -2.42. The number of benzene rings is 2. The van der Waals surface area contributed by atoms with Crippen molar-refractivity contribution >= 4 is 61.4 Å². The molecule has 5 nitrogen and oxygen atoms in total. The number of halogens is 1. The van der Waals surface area contributed by atoms with Gasteiger partial charge in [0.1, 0.15) is 11.5 Å². The van der Waals surface area contributed by atoms with E-state index in [1.807, 2.05) is 60.7 Å². The molecule has 2 aromatic heterocycles. The maximum Gasteiger partial charge on any atom is 0.250 e. The zero-order valence-corrected chi connectivity index (χ0v) is 17.7. The molecular formula is C20H14BrN3O2S2. The van der Waals surface area contributed by atoms with Crippen LogP contribution in [-0.4, -0.2) is 22.9 Å². The van der Waals surface area contributed by atoms with Crippen LogP contribution in [0.5, 0.6) is 0 Å². The van der Waals surface area contributed by atoms with Gasteiger partial charge >= 0.3 is 0 Å². The number of aromatic nitrogens is 1. The van der Waals surface area contributed by atoms with Crippen LogP contribution in [0.1, 0.15) is 5.76 Å². The maximum atomic E-state index is 12.0. The Kier molecular flexibility index (Phi) is 5.90. The van der Waals surface area contributed by atoms with E-state index in [1.165, 1.54) is 18.0 Å². The van der Waals surface area contributed by atoms with Crippen LogP contribution in [0.15, 0.2) is 79.0 Å². The lowest BCUT2D eigenvalue weighted by Gasteiger charge is -1.97. The summed E-state index contributed by atoms with van der Waals surface area (Å²) >= 11 is 6.38. The second kappa shape index (κ2) is 8.72. The van der Waals surface area contributed by atoms with Gasteiger partial charge in [-0.2, -0.15) is 5.10 Å². The number of rotatable bonds is 6. The van der Waals surface area contributed by atoms with Gasteiger partial charge in [-0.15, -0.1) is 11.3 Å². The van der Waals surface area contributed by atoms with Gasteiger partial charge in [0.25, 0.3) is 5.91 Å². The Balaban J connectivity index is 1.29. The molecule has 140 valence electrons. The van der Waals surface area contributed by atoms with Crippen LogP contribution in [0.3, 0.4) is 0 Å². The predicted octanol–water partition coefficient (Wildman–Crippen LogP) is 5.56. The van der Waals surface area contributed by atoms with Crippen LogP contribution in [0.4, 0.5) is 0 Å². The van der Waals surface area contributed by atoms with Gasteiger partial charge in [-0.3, -0.25) is 4.79 Å². The fraction of sp³-hybridized carbons (Fsp3) is 0.0500. The third kappa shape index (κ3) is 4.70. The van der Waals surface area contributed by atoms with E-state index in [0.29, 0.717) is 5.76 Å². The number of thioether (sulfide) groups is 1. The van der Waals surface area contributed by atoms with Gasteiger partial charge < -0.3 is 4.42 Å². The third-order valence-corrected chi connectivity index (χ3v) is 6.45. The number of hydrogen-bond acceptors (Lipinski definition) is 6. The van der Waals surface area contributed by atoms with E-state index in [2.05, 4.69) is 31.4 Å². The fourth-order valence-corrected chi connectivity index (χ4v) is 4.56. The number of para-hydroxylation sites is 1. The lowest BCUT2D eigenvalue weighted by molar-refractivity contribution is -0.118. The second-order valence-electron chi connectivity index (χ2n) is 5.74. The number of fused-ring (bicyclic) bond motifs is 1. The summed E-state index contributed by atoms with van der Waals surface area (Å²) in [5.74, 6) is 1.36. The Labute approximate surface area is 178 Å². The van der Waals surface area contributed by atoms with Crippen molar-refractivity contribution in [2.45, 2.75) is 4.34 Å². The zero-order chi connectivity index (χ0) is 19.3. The average Bonchev–Trinajstić information content (AvgIpc) is 3.33. The number of amides is 1. The second-order valence-corrected chi connectivity index (χ2v) is 8.91. The van der Waals surface area contributed by atoms with E-state index < -0.39 is 0 Å². The lowest BCUT2D eigenvalue weighted by Crippen LogP contribution is -2.19. The number of furan rings is 1. The first-order valence-corrected chi connectivity index (χ1v) is 10.9. The van der Waals surface area contributed by atoms with Crippen molar-refractivity contribution in [3.8, 4) is 11.3 Å². The number of thiazole rings is 1. The van der Waals surface area contributed by atoms with Crippen LogP contribution in [-0.2, 0) is 4.79 Å². The summed E-state index contributed by atoms with van der Waals surface area (Å²) in [4.78, 5) is 16.5. The average molecular weight is 472 g/mol. The molecule has 1 N–H and O–H groups in total. The number of nitrogens with zero attached hydrogens (tertiary/aromatic N) is 2. The highest BCUT2D eigenvalue weighted by Crippen LogP contribution is 2.29. The number of hydrogen-bond donors (Lipinski definition) is 1. The summed E-state index contributed by atoms with van der Waals surface area (Å²) in [6, 6.07) is 19.4. The standard InChI is InChI=1S/C20H14BrN3O2S2/c21-14-7-5-13(6-8-14)17-10-9-15(26-17)11-22-24-19(25)12-27-20-23-16-3-1-2-4-18(16)28-20/h1-11H,12H2,(H,24,25)/b22-11-. The highest BCUT2D eigenvalue weighted by molar-refractivity contribution is 9.10. The molecule has 0 aliphatic rings. The molecule has 0 saturated carbocycles. The molecule has 4 aromatic rings. The maximum absolute atomic E-state index is 12.0. The number of carbonyl (C=O) groups is 1. The lowest BCUT2D eigenvalue weighted by atomic mass is 10.2. The molecule has 0 radical (unpaired) electrons. The number of nitrogens with one attached hydrogen (secondary N) is 1. The Morgan fingerprint density at radius 1 is 1.18 bits per heavy atom. The van der Waals surface area contributed by atoms with Crippen LogP contribution in [0.25, 0.3) is 21.5 Å². The quantitative estimate of drug-likeness (QED) is 0.227. The van der Waals surface area contributed by atoms with E-state index in [-0.39, 0.29) is 11.7 Å². The van der Waals surface area contributed by atoms with Gasteiger partial charge in [-0.1, -0.05) is 52.0 Å². The summed E-state index contributed by atoms with van der Waals surface area (Å²) in [5.41, 5.74) is 4.44. The fourth-order valence-electron chi connectivity index (χ4n) is 2.43. The van der Waals surface area contributed by atoms with Gasteiger partial charge in [0.05, 0.1) is 22.2 Å². The van der Waals surface area contributed by atoms with Crippen molar-refractivity contribution < 1.29 is 9.21 Å². The first-order valence-electron chi connectivity index (χ1n) is 8.33. The predicted molar refractivity (Wildman–Crippen MR) is 118 cm³/mol. The van der Waals surface area contributed by atoms with E-state index >= 15 is 0 Å². The molecule has 0 saturated heterocycles. The van der Waals surface area contributed by atoms with Gasteiger partial charge in [0.2, 0.25) is 0 Å². The van der Waals surface area contributed by atoms with Crippen LogP contribution >= 0.6 is 39.0 Å². The monoisotopic (exact) mass is 471 g/mol. The molecule has 1 amide bonds. The molecule has 0 spiro atoms. The normalized spacial score (nSPS) is 11.3. The van der Waals surface area contributed by atoms with Gasteiger partial charge in [-0.25, -0.2) is 10.4 Å².